The van der Waals surface area contributed by atoms with Gasteiger partial charge in [-0.05, 0) is 13.0 Å². The van der Waals surface area contributed by atoms with Gasteiger partial charge in [-0.25, -0.2) is 9.97 Å². The first kappa shape index (κ1) is 13.9. The van der Waals surface area contributed by atoms with Gasteiger partial charge in [0.25, 0.3) is 0 Å². The average molecular weight is 302 g/mol. The van der Waals surface area contributed by atoms with Crippen LogP contribution >= 0.6 is 11.3 Å². The molecule has 110 valence electrons. The topological polar surface area (TPSA) is 68.5 Å². The zero-order chi connectivity index (χ0) is 15.0. The number of thiophene rings is 1. The van der Waals surface area contributed by atoms with Crippen molar-refractivity contribution in [1.29, 1.82) is 0 Å². The zero-order valence-corrected chi connectivity index (χ0v) is 13.4. The van der Waals surface area contributed by atoms with Gasteiger partial charge in [0, 0.05) is 17.8 Å². The summed E-state index contributed by atoms with van der Waals surface area (Å²) in [5, 5.41) is 12.9. The van der Waals surface area contributed by atoms with Crippen LogP contribution in [0.15, 0.2) is 12.4 Å². The van der Waals surface area contributed by atoms with Gasteiger partial charge in [0.15, 0.2) is 5.82 Å². The van der Waals surface area contributed by atoms with Gasteiger partial charge in [0.05, 0.1) is 11.9 Å². The van der Waals surface area contributed by atoms with Crippen LogP contribution in [0.4, 0.5) is 5.82 Å². The van der Waals surface area contributed by atoms with Crippen molar-refractivity contribution in [2.24, 2.45) is 7.05 Å². The van der Waals surface area contributed by atoms with Crippen molar-refractivity contribution in [1.82, 2.24) is 24.7 Å². The smallest absolute Gasteiger partial charge is 0.152 e. The molecule has 0 fully saturated rings. The molecule has 0 aromatic carbocycles. The minimum Gasteiger partial charge on any atom is -0.362 e. The summed E-state index contributed by atoms with van der Waals surface area (Å²) in [6.45, 7) is 6.90. The summed E-state index contributed by atoms with van der Waals surface area (Å²) in [5.74, 6) is 3.10. The Bertz CT molecular complexity index is 773. The summed E-state index contributed by atoms with van der Waals surface area (Å²) in [5.41, 5.74) is 0. The second kappa shape index (κ2) is 5.40. The molecule has 6 nitrogen and oxygen atoms in total. The van der Waals surface area contributed by atoms with Crippen molar-refractivity contribution in [3.63, 3.8) is 0 Å². The molecule has 0 bridgehead atoms. The molecule has 0 aliphatic rings. The normalized spacial score (nSPS) is 11.5. The number of nitrogens with one attached hydrogen (secondary N) is 1. The van der Waals surface area contributed by atoms with Crippen LogP contribution in [0.2, 0.25) is 0 Å². The van der Waals surface area contributed by atoms with E-state index in [1.165, 1.54) is 4.88 Å². The Hall–Kier alpha value is -2.02. The largest absolute Gasteiger partial charge is 0.362 e. The summed E-state index contributed by atoms with van der Waals surface area (Å²) in [7, 11) is 2.00. The van der Waals surface area contributed by atoms with E-state index in [1.807, 2.05) is 11.6 Å². The molecule has 0 saturated carbocycles. The second-order valence-corrected chi connectivity index (χ2v) is 6.57. The van der Waals surface area contributed by atoms with Crippen molar-refractivity contribution >= 4 is 27.4 Å². The summed E-state index contributed by atoms with van der Waals surface area (Å²) < 4.78 is 2.04. The molecule has 0 saturated heterocycles. The lowest BCUT2D eigenvalue weighted by atomic mass is 10.2. The Morgan fingerprint density at radius 3 is 2.81 bits per heavy atom. The van der Waals surface area contributed by atoms with Gasteiger partial charge < -0.3 is 9.88 Å². The highest BCUT2D eigenvalue weighted by atomic mass is 32.1. The maximum atomic E-state index is 4.33. The van der Waals surface area contributed by atoms with Gasteiger partial charge in [-0.15, -0.1) is 21.5 Å². The third-order valence-electron chi connectivity index (χ3n) is 3.38. The predicted octanol–water partition coefficient (Wildman–Crippen LogP) is 2.86. The highest BCUT2D eigenvalue weighted by Gasteiger charge is 2.12. The van der Waals surface area contributed by atoms with Crippen molar-refractivity contribution < 1.29 is 0 Å². The molecule has 0 amide bonds. The first-order valence-corrected chi connectivity index (χ1v) is 7.71. The number of anilines is 1. The number of aryl methyl sites for hydroxylation is 1. The summed E-state index contributed by atoms with van der Waals surface area (Å²) in [6.07, 6.45) is 1.59. The van der Waals surface area contributed by atoms with E-state index in [4.69, 9.17) is 0 Å². The first-order chi connectivity index (χ1) is 10.1. The Morgan fingerprint density at radius 2 is 2.10 bits per heavy atom. The lowest BCUT2D eigenvalue weighted by Crippen LogP contribution is -2.09. The fourth-order valence-electron chi connectivity index (χ4n) is 2.31. The van der Waals surface area contributed by atoms with Gasteiger partial charge in [0.2, 0.25) is 0 Å². The maximum Gasteiger partial charge on any atom is 0.152 e. The lowest BCUT2D eigenvalue weighted by Gasteiger charge is -2.08. The molecule has 3 aromatic rings. The number of aromatic nitrogens is 5. The fourth-order valence-corrected chi connectivity index (χ4v) is 3.16. The Balaban J connectivity index is 1.84. The van der Waals surface area contributed by atoms with Gasteiger partial charge in [-0.1, -0.05) is 13.8 Å². The molecule has 0 aliphatic heterocycles. The van der Waals surface area contributed by atoms with E-state index in [0.717, 1.165) is 27.7 Å². The van der Waals surface area contributed by atoms with E-state index in [0.29, 0.717) is 12.5 Å². The maximum absolute atomic E-state index is 4.33. The molecule has 0 aliphatic carbocycles. The van der Waals surface area contributed by atoms with Gasteiger partial charge >= 0.3 is 0 Å². The van der Waals surface area contributed by atoms with Crippen LogP contribution in [0.5, 0.6) is 0 Å². The van der Waals surface area contributed by atoms with Crippen LogP contribution in [0, 0.1) is 6.92 Å². The first-order valence-electron chi connectivity index (χ1n) is 6.89. The van der Waals surface area contributed by atoms with Crippen LogP contribution in [0.25, 0.3) is 10.2 Å². The minimum absolute atomic E-state index is 0.363. The van der Waals surface area contributed by atoms with Crippen molar-refractivity contribution in [2.75, 3.05) is 5.32 Å². The molecule has 7 heteroatoms. The molecule has 1 N–H and O–H groups in total. The average Bonchev–Trinajstić information content (AvgIpc) is 2.98. The summed E-state index contributed by atoms with van der Waals surface area (Å²) >= 11 is 1.67. The molecule has 0 unspecified atom stereocenters. The van der Waals surface area contributed by atoms with Crippen molar-refractivity contribution in [3.05, 3.63) is 28.9 Å². The summed E-state index contributed by atoms with van der Waals surface area (Å²) in [4.78, 5) is 10.9. The lowest BCUT2D eigenvalue weighted by molar-refractivity contribution is 0.692. The minimum atomic E-state index is 0.363. The van der Waals surface area contributed by atoms with Crippen LogP contribution < -0.4 is 5.32 Å². The number of hydrogen-bond acceptors (Lipinski definition) is 6. The van der Waals surface area contributed by atoms with Gasteiger partial charge in [-0.3, -0.25) is 0 Å². The Morgan fingerprint density at radius 1 is 1.29 bits per heavy atom. The molecule has 3 rings (SSSR count). The van der Waals surface area contributed by atoms with Gasteiger partial charge in [0.1, 0.15) is 22.8 Å². The third kappa shape index (κ3) is 2.61. The number of nitrogens with zero attached hydrogens (tertiary/aromatic N) is 5. The van der Waals surface area contributed by atoms with E-state index in [9.17, 15) is 0 Å². The molecule has 21 heavy (non-hydrogen) atoms. The van der Waals surface area contributed by atoms with E-state index in [-0.39, 0.29) is 0 Å². The number of rotatable bonds is 4. The van der Waals surface area contributed by atoms with E-state index in [1.54, 1.807) is 17.7 Å². The molecule has 0 spiro atoms. The predicted molar refractivity (Wildman–Crippen MR) is 84.6 cm³/mol. The monoisotopic (exact) mass is 302 g/mol. The molecule has 3 aromatic heterocycles. The van der Waals surface area contributed by atoms with Crippen LogP contribution in [-0.2, 0) is 13.6 Å². The molecule has 3 heterocycles. The molecule has 0 radical (unpaired) electrons. The highest BCUT2D eigenvalue weighted by molar-refractivity contribution is 7.18. The molecular formula is C14H18N6S. The van der Waals surface area contributed by atoms with Crippen LogP contribution in [-0.4, -0.2) is 24.7 Å². The standard InChI is InChI=1S/C14H18N6S/c1-8(2)13-19-18-11(20(13)4)6-15-12-10-5-9(3)21-14(10)17-7-16-12/h5,7-8H,6H2,1-4H3,(H,15,16,17). The second-order valence-electron chi connectivity index (χ2n) is 5.34. The van der Waals surface area contributed by atoms with Crippen LogP contribution in [0.3, 0.4) is 0 Å². The quantitative estimate of drug-likeness (QED) is 0.802. The Labute approximate surface area is 127 Å². The highest BCUT2D eigenvalue weighted by Crippen LogP contribution is 2.27. The summed E-state index contributed by atoms with van der Waals surface area (Å²) in [6, 6.07) is 2.11. The van der Waals surface area contributed by atoms with E-state index >= 15 is 0 Å². The SMILES string of the molecule is Cc1cc2c(NCc3nnc(C(C)C)n3C)ncnc2s1. The van der Waals surface area contributed by atoms with Crippen molar-refractivity contribution in [2.45, 2.75) is 33.2 Å². The zero-order valence-electron chi connectivity index (χ0n) is 12.6. The Kier molecular flexibility index (Phi) is 3.59. The van der Waals surface area contributed by atoms with Crippen molar-refractivity contribution in [3.8, 4) is 0 Å². The number of fused-ring (bicyclic) bond motifs is 1. The number of hydrogen-bond donors (Lipinski definition) is 1. The van der Waals surface area contributed by atoms with E-state index in [2.05, 4.69) is 52.3 Å². The van der Waals surface area contributed by atoms with E-state index < -0.39 is 0 Å². The molecule has 0 atom stereocenters. The third-order valence-corrected chi connectivity index (χ3v) is 4.34. The molecular weight excluding hydrogens is 284 g/mol. The van der Waals surface area contributed by atoms with Crippen LogP contribution in [0.1, 0.15) is 36.3 Å². The van der Waals surface area contributed by atoms with Gasteiger partial charge in [-0.2, -0.15) is 0 Å². The fraction of sp³-hybridized carbons (Fsp3) is 0.429.